The van der Waals surface area contributed by atoms with Crippen LogP contribution in [0.2, 0.25) is 5.02 Å². The minimum absolute atomic E-state index is 0.138. The fraction of sp³-hybridized carbons (Fsp3) is 0.300. The van der Waals surface area contributed by atoms with Crippen LogP contribution in [0.4, 0.5) is 4.39 Å². The predicted octanol–water partition coefficient (Wildman–Crippen LogP) is 2.62. The summed E-state index contributed by atoms with van der Waals surface area (Å²) in [7, 11) is 0. The molecule has 2 nitrogen and oxygen atoms in total. The van der Waals surface area contributed by atoms with Crippen molar-refractivity contribution in [3.8, 4) is 0 Å². The summed E-state index contributed by atoms with van der Waals surface area (Å²) in [6.07, 6.45) is 0.852. The highest BCUT2D eigenvalue weighted by Crippen LogP contribution is 2.16. The van der Waals surface area contributed by atoms with Crippen molar-refractivity contribution in [2.75, 3.05) is 6.54 Å². The van der Waals surface area contributed by atoms with Gasteiger partial charge in [-0.15, -0.1) is 0 Å². The van der Waals surface area contributed by atoms with Crippen LogP contribution in [-0.2, 0) is 0 Å². The number of amides is 1. The fourth-order valence-corrected chi connectivity index (χ4v) is 1.26. The van der Waals surface area contributed by atoms with Gasteiger partial charge in [0, 0.05) is 6.54 Å². The molecule has 0 aliphatic heterocycles. The normalized spacial score (nSPS) is 9.93. The third kappa shape index (κ3) is 2.70. The maximum atomic E-state index is 12.6. The van der Waals surface area contributed by atoms with Crippen LogP contribution in [0, 0.1) is 5.82 Å². The summed E-state index contributed by atoms with van der Waals surface area (Å²) in [6, 6.07) is 3.72. The zero-order valence-electron chi connectivity index (χ0n) is 7.81. The first-order valence-corrected chi connectivity index (χ1v) is 4.76. The van der Waals surface area contributed by atoms with Crippen molar-refractivity contribution in [2.45, 2.75) is 13.3 Å². The summed E-state index contributed by atoms with van der Waals surface area (Å²) >= 11 is 5.70. The Bertz CT molecular complexity index is 341. The van der Waals surface area contributed by atoms with Gasteiger partial charge in [0.25, 0.3) is 5.91 Å². The van der Waals surface area contributed by atoms with Gasteiger partial charge in [-0.1, -0.05) is 18.5 Å². The highest BCUT2D eigenvalue weighted by Gasteiger charge is 2.09. The summed E-state index contributed by atoms with van der Waals surface area (Å²) in [6.45, 7) is 2.54. The molecule has 1 aromatic carbocycles. The molecule has 0 aromatic heterocycles. The monoisotopic (exact) mass is 215 g/mol. The maximum Gasteiger partial charge on any atom is 0.252 e. The number of benzene rings is 1. The average molecular weight is 216 g/mol. The number of hydrogen-bond acceptors (Lipinski definition) is 1. The lowest BCUT2D eigenvalue weighted by Gasteiger charge is -2.04. The topological polar surface area (TPSA) is 29.1 Å². The van der Waals surface area contributed by atoms with Gasteiger partial charge in [0.05, 0.1) is 10.6 Å². The van der Waals surface area contributed by atoms with E-state index in [0.717, 1.165) is 12.5 Å². The average Bonchev–Trinajstić information content (AvgIpc) is 2.14. The molecular formula is C10H11ClFNO. The van der Waals surface area contributed by atoms with E-state index in [1.54, 1.807) is 0 Å². The van der Waals surface area contributed by atoms with Gasteiger partial charge in [-0.3, -0.25) is 4.79 Å². The molecule has 1 rings (SSSR count). The van der Waals surface area contributed by atoms with Gasteiger partial charge in [-0.25, -0.2) is 4.39 Å². The number of rotatable bonds is 3. The molecule has 0 aliphatic rings. The van der Waals surface area contributed by atoms with Crippen molar-refractivity contribution in [1.82, 2.24) is 5.32 Å². The summed E-state index contributed by atoms with van der Waals surface area (Å²) in [5, 5.41) is 2.80. The van der Waals surface area contributed by atoms with Crippen LogP contribution >= 0.6 is 11.6 Å². The van der Waals surface area contributed by atoms with Gasteiger partial charge in [-0.05, 0) is 24.6 Å². The molecule has 76 valence electrons. The lowest BCUT2D eigenvalue weighted by Crippen LogP contribution is -2.24. The molecule has 0 saturated heterocycles. The van der Waals surface area contributed by atoms with Crippen LogP contribution in [0.3, 0.4) is 0 Å². The molecule has 1 aromatic rings. The van der Waals surface area contributed by atoms with Crippen molar-refractivity contribution in [3.63, 3.8) is 0 Å². The number of carbonyl (C=O) groups excluding carboxylic acids is 1. The molecule has 0 fully saturated rings. The molecule has 0 unspecified atom stereocenters. The van der Waals surface area contributed by atoms with Crippen molar-refractivity contribution in [2.24, 2.45) is 0 Å². The largest absolute Gasteiger partial charge is 0.352 e. The van der Waals surface area contributed by atoms with Crippen LogP contribution in [0.15, 0.2) is 18.2 Å². The molecule has 0 saturated carbocycles. The summed E-state index contributed by atoms with van der Waals surface area (Å²) in [4.78, 5) is 11.4. The van der Waals surface area contributed by atoms with Gasteiger partial charge >= 0.3 is 0 Å². The molecule has 0 spiro atoms. The molecule has 0 radical (unpaired) electrons. The van der Waals surface area contributed by atoms with Crippen molar-refractivity contribution in [3.05, 3.63) is 34.6 Å². The van der Waals surface area contributed by atoms with Crippen molar-refractivity contribution in [1.29, 1.82) is 0 Å². The molecule has 0 heterocycles. The van der Waals surface area contributed by atoms with E-state index in [4.69, 9.17) is 11.6 Å². The maximum absolute atomic E-state index is 12.6. The molecule has 14 heavy (non-hydrogen) atoms. The van der Waals surface area contributed by atoms with Crippen LogP contribution in [0.25, 0.3) is 0 Å². The predicted molar refractivity (Wildman–Crippen MR) is 54.0 cm³/mol. The lowest BCUT2D eigenvalue weighted by atomic mass is 10.2. The number of hydrogen-bond donors (Lipinski definition) is 1. The SMILES string of the molecule is CCCNC(=O)c1ccc(F)cc1Cl. The van der Waals surface area contributed by atoms with Gasteiger partial charge in [-0.2, -0.15) is 0 Å². The van der Waals surface area contributed by atoms with E-state index in [0.29, 0.717) is 12.1 Å². The first-order chi connectivity index (χ1) is 6.65. The number of carbonyl (C=O) groups is 1. The highest BCUT2D eigenvalue weighted by molar-refractivity contribution is 6.33. The molecular weight excluding hydrogens is 205 g/mol. The van der Waals surface area contributed by atoms with E-state index in [9.17, 15) is 9.18 Å². The highest BCUT2D eigenvalue weighted by atomic mass is 35.5. The van der Waals surface area contributed by atoms with Crippen LogP contribution < -0.4 is 5.32 Å². The second kappa shape index (κ2) is 4.96. The Morgan fingerprint density at radius 1 is 1.57 bits per heavy atom. The van der Waals surface area contributed by atoms with E-state index >= 15 is 0 Å². The first-order valence-electron chi connectivity index (χ1n) is 4.38. The van der Waals surface area contributed by atoms with Gasteiger partial charge in [0.1, 0.15) is 5.82 Å². The minimum Gasteiger partial charge on any atom is -0.352 e. The Morgan fingerprint density at radius 3 is 2.86 bits per heavy atom. The van der Waals surface area contributed by atoms with E-state index < -0.39 is 5.82 Å². The second-order valence-corrected chi connectivity index (χ2v) is 3.29. The third-order valence-electron chi connectivity index (χ3n) is 1.71. The lowest BCUT2D eigenvalue weighted by molar-refractivity contribution is 0.0954. The molecule has 1 N–H and O–H groups in total. The van der Waals surface area contributed by atoms with Crippen LogP contribution in [0.5, 0.6) is 0 Å². The van der Waals surface area contributed by atoms with Gasteiger partial charge in [0.2, 0.25) is 0 Å². The minimum atomic E-state index is -0.443. The zero-order chi connectivity index (χ0) is 10.6. The van der Waals surface area contributed by atoms with Crippen molar-refractivity contribution >= 4 is 17.5 Å². The Labute approximate surface area is 87.1 Å². The Hall–Kier alpha value is -1.09. The van der Waals surface area contributed by atoms with Gasteiger partial charge < -0.3 is 5.32 Å². The van der Waals surface area contributed by atoms with Crippen LogP contribution in [0.1, 0.15) is 23.7 Å². The number of nitrogens with one attached hydrogen (secondary N) is 1. The molecule has 0 atom stereocenters. The summed E-state index contributed by atoms with van der Waals surface area (Å²) < 4.78 is 12.6. The quantitative estimate of drug-likeness (QED) is 0.825. The standard InChI is InChI=1S/C10H11ClFNO/c1-2-5-13-10(14)8-4-3-7(12)6-9(8)11/h3-4,6H,2,5H2,1H3,(H,13,14). The summed E-state index contributed by atoms with van der Waals surface area (Å²) in [5.74, 6) is -0.709. The number of halogens is 2. The third-order valence-corrected chi connectivity index (χ3v) is 2.02. The van der Waals surface area contributed by atoms with E-state index in [1.807, 2.05) is 6.92 Å². The van der Waals surface area contributed by atoms with Crippen LogP contribution in [-0.4, -0.2) is 12.5 Å². The molecule has 1 amide bonds. The fourth-order valence-electron chi connectivity index (χ4n) is 1.01. The second-order valence-electron chi connectivity index (χ2n) is 2.88. The van der Waals surface area contributed by atoms with E-state index in [2.05, 4.69) is 5.32 Å². The molecule has 0 bridgehead atoms. The smallest absolute Gasteiger partial charge is 0.252 e. The summed E-state index contributed by atoms with van der Waals surface area (Å²) in [5.41, 5.74) is 0.307. The van der Waals surface area contributed by atoms with Gasteiger partial charge in [0.15, 0.2) is 0 Å². The zero-order valence-corrected chi connectivity index (χ0v) is 8.57. The molecule has 4 heteroatoms. The Morgan fingerprint density at radius 2 is 2.29 bits per heavy atom. The Balaban J connectivity index is 2.80. The molecule has 0 aliphatic carbocycles. The van der Waals surface area contributed by atoms with E-state index in [-0.39, 0.29) is 10.9 Å². The first kappa shape index (κ1) is 11.0. The van der Waals surface area contributed by atoms with Crippen molar-refractivity contribution < 1.29 is 9.18 Å². The van der Waals surface area contributed by atoms with E-state index in [1.165, 1.54) is 12.1 Å². The Kier molecular flexibility index (Phi) is 3.89.